The van der Waals surface area contributed by atoms with Crippen LogP contribution in [0.25, 0.3) is 0 Å². The van der Waals surface area contributed by atoms with E-state index in [0.29, 0.717) is 0 Å². The summed E-state index contributed by atoms with van der Waals surface area (Å²) >= 11 is 0. The van der Waals surface area contributed by atoms with Gasteiger partial charge in [0, 0.05) is 22.9 Å². The summed E-state index contributed by atoms with van der Waals surface area (Å²) in [7, 11) is 0. The summed E-state index contributed by atoms with van der Waals surface area (Å²) in [5.41, 5.74) is 9.50. The van der Waals surface area contributed by atoms with Crippen LogP contribution in [0.3, 0.4) is 0 Å². The van der Waals surface area contributed by atoms with Crippen LogP contribution in [0.5, 0.6) is 0 Å². The summed E-state index contributed by atoms with van der Waals surface area (Å²) in [6.45, 7) is 13.7. The fourth-order valence-corrected chi connectivity index (χ4v) is 7.30. The number of aliphatic imine (C=N–C) groups is 2. The van der Waals surface area contributed by atoms with E-state index in [9.17, 15) is 0 Å². The smallest absolute Gasteiger partial charge is 0.139 e. The molecule has 0 unspecified atom stereocenters. The SMILES string of the molecule is CCCCCCC#CC(=N\c1cc(CCCCC)cc(CCCCC)c1)/C(/C=C/CCCCCCCCC)=N/c1cc(CCCCC)cc(CCCCC)c1.[Ni]. The summed E-state index contributed by atoms with van der Waals surface area (Å²) in [5, 5.41) is 0. The zero-order chi connectivity index (χ0) is 39.6. The number of hydrogen-bond acceptors (Lipinski definition) is 2. The van der Waals surface area contributed by atoms with Crippen molar-refractivity contribution in [3.8, 4) is 11.8 Å². The van der Waals surface area contributed by atoms with Crippen LogP contribution in [0.2, 0.25) is 0 Å². The Kier molecular flexibility index (Phi) is 32.9. The summed E-state index contributed by atoms with van der Waals surface area (Å²) in [5.74, 6) is 7.20. The van der Waals surface area contributed by atoms with Gasteiger partial charge in [-0.1, -0.05) is 175 Å². The number of nitrogens with zero attached hydrogens (tertiary/aromatic N) is 2. The Labute approximate surface area is 358 Å². The molecule has 0 bridgehead atoms. The number of rotatable bonds is 32. The molecule has 316 valence electrons. The van der Waals surface area contributed by atoms with Gasteiger partial charge in [0.15, 0.2) is 0 Å². The van der Waals surface area contributed by atoms with Crippen molar-refractivity contribution < 1.29 is 16.5 Å². The van der Waals surface area contributed by atoms with Crippen LogP contribution in [0, 0.1) is 11.8 Å². The third kappa shape index (κ3) is 25.0. The van der Waals surface area contributed by atoms with Gasteiger partial charge in [-0.3, -0.25) is 0 Å². The third-order valence-electron chi connectivity index (χ3n) is 10.7. The topological polar surface area (TPSA) is 24.7 Å². The number of aryl methyl sites for hydroxylation is 4. The number of unbranched alkanes of at least 4 members (excludes halogenated alkanes) is 19. The van der Waals surface area contributed by atoms with Gasteiger partial charge >= 0.3 is 0 Å². The fourth-order valence-electron chi connectivity index (χ4n) is 7.30. The standard InChI is InChI=1S/C53H84N2.Ni/c1-7-13-19-21-23-24-25-27-33-39-53(55-51-44-48(36-30-17-11-5)41-49(45-51)37-31-18-12-6)52(38-32-26-22-20-14-8-2)54-50-42-46(34-28-15-9-3)40-47(43-50)35-29-16-10-4;/h33,39-45H,7-31,34-37H2,1-6H3;/b39-33+,54-52+,55-53+;. The zero-order valence-corrected chi connectivity index (χ0v) is 38.3. The van der Waals surface area contributed by atoms with E-state index in [2.05, 4.69) is 102 Å². The van der Waals surface area contributed by atoms with Gasteiger partial charge < -0.3 is 0 Å². The normalized spacial score (nSPS) is 11.9. The van der Waals surface area contributed by atoms with Crippen LogP contribution >= 0.6 is 0 Å². The molecule has 0 saturated carbocycles. The molecule has 0 amide bonds. The fraction of sp³-hybridized carbons (Fsp3) is 0.660. The predicted octanol–water partition coefficient (Wildman–Crippen LogP) is 17.1. The zero-order valence-electron chi connectivity index (χ0n) is 37.3. The minimum absolute atomic E-state index is 0. The first kappa shape index (κ1) is 51.6. The Bertz CT molecular complexity index is 1360. The van der Waals surface area contributed by atoms with Crippen LogP contribution in [0.15, 0.2) is 58.5 Å². The average molecular weight is 808 g/mol. The van der Waals surface area contributed by atoms with E-state index in [4.69, 9.17) is 9.98 Å². The first-order chi connectivity index (χ1) is 27.1. The largest absolute Gasteiger partial charge is 0.246 e. The maximum Gasteiger partial charge on any atom is 0.139 e. The summed E-state index contributed by atoms with van der Waals surface area (Å²) in [4.78, 5) is 10.9. The van der Waals surface area contributed by atoms with Crippen LogP contribution in [-0.4, -0.2) is 11.4 Å². The molecule has 0 aromatic heterocycles. The molecular weight excluding hydrogens is 723 g/mol. The van der Waals surface area contributed by atoms with Gasteiger partial charge in [-0.2, -0.15) is 0 Å². The second-order valence-electron chi connectivity index (χ2n) is 16.2. The van der Waals surface area contributed by atoms with Crippen LogP contribution in [-0.2, 0) is 42.2 Å². The van der Waals surface area contributed by atoms with Gasteiger partial charge in [0.2, 0.25) is 0 Å². The second kappa shape index (κ2) is 35.7. The Balaban J connectivity index is 0.0000157. The van der Waals surface area contributed by atoms with E-state index < -0.39 is 0 Å². The van der Waals surface area contributed by atoms with Gasteiger partial charge in [0.1, 0.15) is 5.71 Å². The van der Waals surface area contributed by atoms with Crippen LogP contribution in [0.4, 0.5) is 11.4 Å². The van der Waals surface area contributed by atoms with Crippen LogP contribution in [0.1, 0.15) is 224 Å². The van der Waals surface area contributed by atoms with Gasteiger partial charge in [-0.05, 0) is 129 Å². The molecule has 0 saturated heterocycles. The minimum atomic E-state index is 0. The molecule has 2 aromatic carbocycles. The van der Waals surface area contributed by atoms with E-state index in [1.165, 1.54) is 164 Å². The monoisotopic (exact) mass is 807 g/mol. The summed E-state index contributed by atoms with van der Waals surface area (Å²) in [6.07, 6.45) is 40.2. The van der Waals surface area contributed by atoms with E-state index in [1.54, 1.807) is 0 Å². The van der Waals surface area contributed by atoms with Crippen molar-refractivity contribution in [2.45, 2.75) is 228 Å². The molecule has 2 aromatic rings. The van der Waals surface area contributed by atoms with Crippen molar-refractivity contribution in [2.75, 3.05) is 0 Å². The molecule has 0 N–H and O–H groups in total. The van der Waals surface area contributed by atoms with Gasteiger partial charge in [-0.25, -0.2) is 9.98 Å². The summed E-state index contributed by atoms with van der Waals surface area (Å²) in [6, 6.07) is 14.3. The van der Waals surface area contributed by atoms with Crippen molar-refractivity contribution in [1.29, 1.82) is 0 Å². The molecule has 0 atom stereocenters. The molecular formula is C53H84N2Ni. The van der Waals surface area contributed by atoms with Gasteiger partial charge in [0.25, 0.3) is 0 Å². The quantitative estimate of drug-likeness (QED) is 0.0304. The number of benzene rings is 2. The molecule has 56 heavy (non-hydrogen) atoms. The van der Waals surface area contributed by atoms with E-state index >= 15 is 0 Å². The molecule has 0 aliphatic heterocycles. The Hall–Kier alpha value is -2.43. The average Bonchev–Trinajstić information content (AvgIpc) is 3.18. The maximum absolute atomic E-state index is 5.49. The molecule has 2 rings (SSSR count). The first-order valence-corrected chi connectivity index (χ1v) is 23.6. The molecule has 0 radical (unpaired) electrons. The van der Waals surface area contributed by atoms with E-state index in [1.807, 2.05) is 0 Å². The van der Waals surface area contributed by atoms with Crippen molar-refractivity contribution in [2.24, 2.45) is 9.98 Å². The first-order valence-electron chi connectivity index (χ1n) is 23.6. The van der Waals surface area contributed by atoms with Crippen molar-refractivity contribution in [1.82, 2.24) is 0 Å². The van der Waals surface area contributed by atoms with Gasteiger partial charge in [-0.15, -0.1) is 0 Å². The van der Waals surface area contributed by atoms with E-state index in [-0.39, 0.29) is 16.5 Å². The van der Waals surface area contributed by atoms with Crippen molar-refractivity contribution in [3.63, 3.8) is 0 Å². The molecule has 0 aliphatic carbocycles. The Morgan fingerprint density at radius 1 is 0.446 bits per heavy atom. The maximum atomic E-state index is 5.49. The minimum Gasteiger partial charge on any atom is -0.246 e. The summed E-state index contributed by atoms with van der Waals surface area (Å²) < 4.78 is 0. The molecule has 0 aliphatic rings. The molecule has 0 spiro atoms. The van der Waals surface area contributed by atoms with Crippen LogP contribution < -0.4 is 0 Å². The Morgan fingerprint density at radius 3 is 1.27 bits per heavy atom. The van der Waals surface area contributed by atoms with Crippen molar-refractivity contribution in [3.05, 3.63) is 70.8 Å². The molecule has 0 fully saturated rings. The second-order valence-corrected chi connectivity index (χ2v) is 16.2. The van der Waals surface area contributed by atoms with Crippen molar-refractivity contribution >= 4 is 22.8 Å². The molecule has 2 nitrogen and oxygen atoms in total. The molecule has 3 heteroatoms. The third-order valence-corrected chi connectivity index (χ3v) is 10.7. The van der Waals surface area contributed by atoms with Gasteiger partial charge in [0.05, 0.1) is 17.1 Å². The molecule has 0 heterocycles. The number of allylic oxidation sites excluding steroid dienone is 2. The van der Waals surface area contributed by atoms with E-state index in [0.717, 1.165) is 67.7 Å². The Morgan fingerprint density at radius 2 is 0.821 bits per heavy atom. The predicted molar refractivity (Wildman–Crippen MR) is 248 cm³/mol. The number of hydrogen-bond donors (Lipinski definition) is 0.